The van der Waals surface area contributed by atoms with Gasteiger partial charge in [0.25, 0.3) is 5.91 Å². The number of imide groups is 1. The summed E-state index contributed by atoms with van der Waals surface area (Å²) in [6.45, 7) is 2.42. The zero-order valence-corrected chi connectivity index (χ0v) is 16.1. The summed E-state index contributed by atoms with van der Waals surface area (Å²) in [5, 5.41) is 2.64. The lowest BCUT2D eigenvalue weighted by Gasteiger charge is -2.23. The van der Waals surface area contributed by atoms with Gasteiger partial charge in [0.1, 0.15) is 17.9 Å². The van der Waals surface area contributed by atoms with Crippen LogP contribution in [0.5, 0.6) is 0 Å². The van der Waals surface area contributed by atoms with Crippen LogP contribution >= 0.6 is 0 Å². The van der Waals surface area contributed by atoms with Gasteiger partial charge >= 0.3 is 6.03 Å². The minimum atomic E-state index is -1.32. The van der Waals surface area contributed by atoms with Crippen LogP contribution in [-0.4, -0.2) is 47.3 Å². The topological polar surface area (TPSA) is 69.7 Å². The summed E-state index contributed by atoms with van der Waals surface area (Å²) in [6.07, 6.45) is 0.850. The molecule has 2 unspecified atom stereocenters. The fraction of sp³-hybridized carbons (Fsp3) is 0.318. The molecule has 0 spiro atoms. The molecule has 29 heavy (non-hydrogen) atoms. The number of urea groups is 1. The molecule has 2 aromatic carbocycles. The molecular weight excluding hydrogens is 373 g/mol. The molecule has 4 amide bonds. The summed E-state index contributed by atoms with van der Waals surface area (Å²) in [6, 6.07) is 14.8. The maximum atomic E-state index is 13.2. The van der Waals surface area contributed by atoms with Crippen LogP contribution in [0, 0.1) is 5.82 Å². The molecule has 7 heteroatoms. The predicted molar refractivity (Wildman–Crippen MR) is 104 cm³/mol. The normalized spacial score (nSPS) is 24.1. The van der Waals surface area contributed by atoms with Crippen molar-refractivity contribution >= 4 is 17.8 Å². The van der Waals surface area contributed by atoms with Crippen LogP contribution in [0.1, 0.15) is 30.4 Å². The van der Waals surface area contributed by atoms with Crippen molar-refractivity contribution in [2.75, 3.05) is 19.6 Å². The van der Waals surface area contributed by atoms with Gasteiger partial charge in [-0.1, -0.05) is 42.5 Å². The maximum Gasteiger partial charge on any atom is 0.325 e. The van der Waals surface area contributed by atoms with E-state index in [1.54, 1.807) is 11.8 Å². The molecule has 0 aromatic heterocycles. The number of rotatable bonds is 4. The zero-order valence-electron chi connectivity index (χ0n) is 16.1. The maximum absolute atomic E-state index is 13.2. The van der Waals surface area contributed by atoms with Crippen LogP contribution < -0.4 is 5.32 Å². The Morgan fingerprint density at radius 2 is 1.83 bits per heavy atom. The molecule has 2 saturated heterocycles. The Morgan fingerprint density at radius 3 is 2.52 bits per heavy atom. The molecule has 2 aliphatic heterocycles. The smallest absolute Gasteiger partial charge is 0.325 e. The molecule has 0 radical (unpaired) electrons. The zero-order chi connectivity index (χ0) is 20.6. The highest BCUT2D eigenvalue weighted by Crippen LogP contribution is 2.30. The number of nitrogens with one attached hydrogen (secondary N) is 1. The van der Waals surface area contributed by atoms with Crippen LogP contribution in [0.3, 0.4) is 0 Å². The number of carbonyl (C=O) groups excluding carboxylic acids is 3. The summed E-state index contributed by atoms with van der Waals surface area (Å²) >= 11 is 0. The second-order valence-corrected chi connectivity index (χ2v) is 7.69. The van der Waals surface area contributed by atoms with Crippen molar-refractivity contribution in [1.82, 2.24) is 15.1 Å². The van der Waals surface area contributed by atoms with Crippen molar-refractivity contribution in [3.63, 3.8) is 0 Å². The van der Waals surface area contributed by atoms with E-state index < -0.39 is 23.3 Å². The van der Waals surface area contributed by atoms with Crippen molar-refractivity contribution in [3.05, 3.63) is 71.5 Å². The number of benzene rings is 2. The molecule has 0 aliphatic carbocycles. The third-order valence-corrected chi connectivity index (χ3v) is 5.80. The standard InChI is InChI=1S/C22H22FN3O3/c1-22(17-7-9-18(23)10-8-17)20(28)26(21(29)24-22)14-19(27)25-12-11-16(13-25)15-5-3-2-4-6-15/h2-10,16H,11-14H2,1H3,(H,24,29). The lowest BCUT2D eigenvalue weighted by atomic mass is 9.92. The summed E-state index contributed by atoms with van der Waals surface area (Å²) in [5.41, 5.74) is 0.335. The Labute approximate surface area is 168 Å². The molecule has 4 rings (SSSR count). The number of likely N-dealkylation sites (tertiary alicyclic amines) is 1. The first-order valence-electron chi connectivity index (χ1n) is 9.61. The van der Waals surface area contributed by atoms with Gasteiger partial charge in [-0.25, -0.2) is 9.18 Å². The summed E-state index contributed by atoms with van der Waals surface area (Å²) in [7, 11) is 0. The Hall–Kier alpha value is -3.22. The SMILES string of the molecule is CC1(c2ccc(F)cc2)NC(=O)N(CC(=O)N2CCC(c3ccccc3)C2)C1=O. The van der Waals surface area contributed by atoms with E-state index in [1.807, 2.05) is 30.3 Å². The van der Waals surface area contributed by atoms with E-state index in [-0.39, 0.29) is 18.4 Å². The minimum absolute atomic E-state index is 0.254. The van der Waals surface area contributed by atoms with Crippen molar-refractivity contribution in [3.8, 4) is 0 Å². The molecule has 2 aromatic rings. The molecule has 1 N–H and O–H groups in total. The number of hydrogen-bond donors (Lipinski definition) is 1. The van der Waals surface area contributed by atoms with Gasteiger partial charge in [0.05, 0.1) is 0 Å². The van der Waals surface area contributed by atoms with Gasteiger partial charge in [-0.05, 0) is 36.6 Å². The molecule has 2 heterocycles. The first-order valence-corrected chi connectivity index (χ1v) is 9.61. The number of carbonyl (C=O) groups is 3. The van der Waals surface area contributed by atoms with Gasteiger partial charge < -0.3 is 10.2 Å². The average Bonchev–Trinajstić information content (AvgIpc) is 3.29. The van der Waals surface area contributed by atoms with E-state index in [4.69, 9.17) is 0 Å². The third-order valence-electron chi connectivity index (χ3n) is 5.80. The molecule has 6 nitrogen and oxygen atoms in total. The first-order chi connectivity index (χ1) is 13.9. The van der Waals surface area contributed by atoms with Crippen molar-refractivity contribution in [2.45, 2.75) is 24.8 Å². The molecule has 0 bridgehead atoms. The van der Waals surface area contributed by atoms with E-state index >= 15 is 0 Å². The van der Waals surface area contributed by atoms with Crippen LogP contribution in [0.4, 0.5) is 9.18 Å². The fourth-order valence-corrected chi connectivity index (χ4v) is 4.04. The van der Waals surface area contributed by atoms with Gasteiger partial charge in [0.15, 0.2) is 0 Å². The number of nitrogens with zero attached hydrogens (tertiary/aromatic N) is 2. The van der Waals surface area contributed by atoms with E-state index in [0.717, 1.165) is 11.3 Å². The third kappa shape index (κ3) is 3.48. The predicted octanol–water partition coefficient (Wildman–Crippen LogP) is 2.61. The molecule has 150 valence electrons. The van der Waals surface area contributed by atoms with Gasteiger partial charge in [-0.2, -0.15) is 0 Å². The Kier molecular flexibility index (Phi) is 4.82. The fourth-order valence-electron chi connectivity index (χ4n) is 4.04. The summed E-state index contributed by atoms with van der Waals surface area (Å²) in [4.78, 5) is 40.8. The van der Waals surface area contributed by atoms with Crippen molar-refractivity contribution in [1.29, 1.82) is 0 Å². The second-order valence-electron chi connectivity index (χ2n) is 7.69. The highest BCUT2D eigenvalue weighted by Gasteiger charge is 2.49. The first kappa shape index (κ1) is 19.1. The second kappa shape index (κ2) is 7.31. The van der Waals surface area contributed by atoms with Gasteiger partial charge in [0.2, 0.25) is 5.91 Å². The van der Waals surface area contributed by atoms with Crippen LogP contribution in [0.2, 0.25) is 0 Å². The number of hydrogen-bond acceptors (Lipinski definition) is 3. The summed E-state index contributed by atoms with van der Waals surface area (Å²) < 4.78 is 13.2. The van der Waals surface area contributed by atoms with Gasteiger partial charge in [-0.3, -0.25) is 14.5 Å². The molecule has 0 saturated carbocycles. The molecular formula is C22H22FN3O3. The highest BCUT2D eigenvalue weighted by molar-refractivity contribution is 6.09. The molecule has 2 atom stereocenters. The van der Waals surface area contributed by atoms with Crippen LogP contribution in [0.25, 0.3) is 0 Å². The van der Waals surface area contributed by atoms with Crippen molar-refractivity contribution < 1.29 is 18.8 Å². The van der Waals surface area contributed by atoms with Gasteiger partial charge in [0, 0.05) is 19.0 Å². The van der Waals surface area contributed by atoms with E-state index in [0.29, 0.717) is 18.7 Å². The van der Waals surface area contributed by atoms with Crippen molar-refractivity contribution in [2.24, 2.45) is 0 Å². The lowest BCUT2D eigenvalue weighted by Crippen LogP contribution is -2.44. The minimum Gasteiger partial charge on any atom is -0.341 e. The molecule has 2 fully saturated rings. The quantitative estimate of drug-likeness (QED) is 0.809. The number of amides is 4. The lowest BCUT2D eigenvalue weighted by molar-refractivity contribution is -0.138. The van der Waals surface area contributed by atoms with Crippen LogP contribution in [0.15, 0.2) is 54.6 Å². The van der Waals surface area contributed by atoms with Crippen LogP contribution in [-0.2, 0) is 15.1 Å². The monoisotopic (exact) mass is 395 g/mol. The summed E-state index contributed by atoms with van der Waals surface area (Å²) in [5.74, 6) is -0.938. The number of halogens is 1. The Bertz CT molecular complexity index is 948. The van der Waals surface area contributed by atoms with Gasteiger partial charge in [-0.15, -0.1) is 0 Å². The molecule has 2 aliphatic rings. The van der Waals surface area contributed by atoms with E-state index in [1.165, 1.54) is 29.8 Å². The Balaban J connectivity index is 1.44. The Morgan fingerprint density at radius 1 is 1.14 bits per heavy atom. The largest absolute Gasteiger partial charge is 0.341 e. The average molecular weight is 395 g/mol. The van der Waals surface area contributed by atoms with E-state index in [2.05, 4.69) is 5.32 Å². The van der Waals surface area contributed by atoms with E-state index in [9.17, 15) is 18.8 Å². The highest BCUT2D eigenvalue weighted by atomic mass is 19.1.